The van der Waals surface area contributed by atoms with E-state index in [1.165, 1.54) is 5.56 Å². The van der Waals surface area contributed by atoms with Crippen molar-refractivity contribution in [2.45, 2.75) is 53.0 Å². The molecule has 0 aliphatic rings. The van der Waals surface area contributed by atoms with Crippen molar-refractivity contribution < 1.29 is 4.79 Å². The summed E-state index contributed by atoms with van der Waals surface area (Å²) in [5.41, 5.74) is 3.86. The van der Waals surface area contributed by atoms with Crippen LogP contribution in [0, 0.1) is 6.92 Å². The number of rotatable bonds is 5. The Kier molecular flexibility index (Phi) is 5.46. The summed E-state index contributed by atoms with van der Waals surface area (Å²) in [5.74, 6) is 0.634. The SMILES string of the molecule is CCc1ccc(-c2nc(CC(=O)Nc3cc(C)nn3C(C)(C)C)cs2)cc1. The number of thiazole rings is 1. The van der Waals surface area contributed by atoms with Crippen LogP contribution >= 0.6 is 11.3 Å². The molecular weight excluding hydrogens is 356 g/mol. The van der Waals surface area contributed by atoms with Crippen LogP contribution in [0.1, 0.15) is 44.6 Å². The summed E-state index contributed by atoms with van der Waals surface area (Å²) in [4.78, 5) is 17.1. The summed E-state index contributed by atoms with van der Waals surface area (Å²) in [6, 6.07) is 10.3. The van der Waals surface area contributed by atoms with Crippen molar-refractivity contribution >= 4 is 23.1 Å². The predicted molar refractivity (Wildman–Crippen MR) is 111 cm³/mol. The van der Waals surface area contributed by atoms with Gasteiger partial charge in [-0.25, -0.2) is 9.67 Å². The van der Waals surface area contributed by atoms with Gasteiger partial charge in [0.25, 0.3) is 0 Å². The highest BCUT2D eigenvalue weighted by Gasteiger charge is 2.20. The Morgan fingerprint density at radius 3 is 2.56 bits per heavy atom. The number of anilines is 1. The molecule has 0 atom stereocenters. The van der Waals surface area contributed by atoms with E-state index in [1.807, 2.05) is 23.1 Å². The first-order valence-electron chi connectivity index (χ1n) is 9.17. The molecule has 142 valence electrons. The van der Waals surface area contributed by atoms with E-state index in [-0.39, 0.29) is 17.9 Å². The molecule has 0 saturated carbocycles. The molecule has 0 fully saturated rings. The number of carbonyl (C=O) groups is 1. The van der Waals surface area contributed by atoms with Gasteiger partial charge in [0.15, 0.2) is 0 Å². The highest BCUT2D eigenvalue weighted by Crippen LogP contribution is 2.25. The van der Waals surface area contributed by atoms with E-state index < -0.39 is 0 Å². The minimum absolute atomic E-state index is 0.0846. The first-order chi connectivity index (χ1) is 12.8. The van der Waals surface area contributed by atoms with Crippen LogP contribution < -0.4 is 5.32 Å². The topological polar surface area (TPSA) is 59.8 Å². The molecule has 1 N–H and O–H groups in total. The molecule has 3 aromatic rings. The highest BCUT2D eigenvalue weighted by atomic mass is 32.1. The van der Waals surface area contributed by atoms with Gasteiger partial charge in [0, 0.05) is 17.0 Å². The van der Waals surface area contributed by atoms with Gasteiger partial charge in [-0.2, -0.15) is 5.10 Å². The van der Waals surface area contributed by atoms with Crippen LogP contribution in [0.5, 0.6) is 0 Å². The minimum atomic E-state index is -0.199. The zero-order valence-electron chi connectivity index (χ0n) is 16.5. The van der Waals surface area contributed by atoms with Crippen LogP contribution in [0.3, 0.4) is 0 Å². The summed E-state index contributed by atoms with van der Waals surface area (Å²) >= 11 is 1.57. The number of nitrogens with zero attached hydrogens (tertiary/aromatic N) is 3. The maximum absolute atomic E-state index is 12.5. The third kappa shape index (κ3) is 4.63. The molecule has 0 aliphatic carbocycles. The molecule has 2 aromatic heterocycles. The molecule has 1 amide bonds. The van der Waals surface area contributed by atoms with Crippen LogP contribution in [0.25, 0.3) is 10.6 Å². The molecule has 0 unspecified atom stereocenters. The molecule has 27 heavy (non-hydrogen) atoms. The second-order valence-electron chi connectivity index (χ2n) is 7.67. The van der Waals surface area contributed by atoms with Gasteiger partial charge in [-0.3, -0.25) is 4.79 Å². The van der Waals surface area contributed by atoms with Gasteiger partial charge >= 0.3 is 0 Å². The van der Waals surface area contributed by atoms with E-state index in [2.05, 4.69) is 67.4 Å². The summed E-state index contributed by atoms with van der Waals surface area (Å²) in [7, 11) is 0. The lowest BCUT2D eigenvalue weighted by Gasteiger charge is -2.22. The van der Waals surface area contributed by atoms with Gasteiger partial charge in [-0.1, -0.05) is 31.2 Å². The van der Waals surface area contributed by atoms with E-state index >= 15 is 0 Å². The quantitative estimate of drug-likeness (QED) is 0.689. The normalized spacial score (nSPS) is 11.6. The number of hydrogen-bond acceptors (Lipinski definition) is 4. The van der Waals surface area contributed by atoms with Gasteiger partial charge in [-0.15, -0.1) is 11.3 Å². The lowest BCUT2D eigenvalue weighted by molar-refractivity contribution is -0.115. The largest absolute Gasteiger partial charge is 0.311 e. The van der Waals surface area contributed by atoms with Crippen molar-refractivity contribution in [1.82, 2.24) is 14.8 Å². The number of aryl methyl sites for hydroxylation is 2. The third-order valence-corrected chi connectivity index (χ3v) is 5.18. The van der Waals surface area contributed by atoms with Crippen LogP contribution in [-0.2, 0) is 23.2 Å². The fourth-order valence-electron chi connectivity index (χ4n) is 2.86. The lowest BCUT2D eigenvalue weighted by Crippen LogP contribution is -2.27. The Morgan fingerprint density at radius 1 is 1.22 bits per heavy atom. The monoisotopic (exact) mass is 382 g/mol. The summed E-state index contributed by atoms with van der Waals surface area (Å²) < 4.78 is 1.85. The number of hydrogen-bond donors (Lipinski definition) is 1. The fraction of sp³-hybridized carbons (Fsp3) is 0.381. The van der Waals surface area contributed by atoms with E-state index in [0.29, 0.717) is 0 Å². The molecule has 5 nitrogen and oxygen atoms in total. The Bertz CT molecular complexity index is 932. The molecule has 0 radical (unpaired) electrons. The van der Waals surface area contributed by atoms with E-state index in [4.69, 9.17) is 0 Å². The van der Waals surface area contributed by atoms with E-state index in [9.17, 15) is 4.79 Å². The van der Waals surface area contributed by atoms with Crippen molar-refractivity contribution in [2.75, 3.05) is 5.32 Å². The van der Waals surface area contributed by atoms with Crippen molar-refractivity contribution in [2.24, 2.45) is 0 Å². The van der Waals surface area contributed by atoms with Crippen molar-refractivity contribution in [3.05, 3.63) is 52.7 Å². The number of benzene rings is 1. The van der Waals surface area contributed by atoms with Gasteiger partial charge in [0.05, 0.1) is 23.3 Å². The number of carbonyl (C=O) groups excluding carboxylic acids is 1. The van der Waals surface area contributed by atoms with Crippen LogP contribution in [0.4, 0.5) is 5.82 Å². The fourth-order valence-corrected chi connectivity index (χ4v) is 3.68. The first-order valence-corrected chi connectivity index (χ1v) is 10.0. The molecule has 0 saturated heterocycles. The van der Waals surface area contributed by atoms with Crippen molar-refractivity contribution in [3.63, 3.8) is 0 Å². The van der Waals surface area contributed by atoms with Gasteiger partial charge in [0.2, 0.25) is 5.91 Å². The first kappa shape index (κ1) is 19.3. The molecular formula is C21H26N4OS. The highest BCUT2D eigenvalue weighted by molar-refractivity contribution is 7.13. The zero-order chi connectivity index (χ0) is 19.6. The zero-order valence-corrected chi connectivity index (χ0v) is 17.4. The Hall–Kier alpha value is -2.47. The maximum atomic E-state index is 12.5. The van der Waals surface area contributed by atoms with Gasteiger partial charge < -0.3 is 5.32 Å². The molecule has 0 aliphatic heterocycles. The van der Waals surface area contributed by atoms with Gasteiger partial charge in [-0.05, 0) is 39.7 Å². The Morgan fingerprint density at radius 2 is 1.93 bits per heavy atom. The third-order valence-electron chi connectivity index (χ3n) is 4.24. The summed E-state index contributed by atoms with van der Waals surface area (Å²) in [5, 5.41) is 10.4. The Labute approximate surface area is 164 Å². The second-order valence-corrected chi connectivity index (χ2v) is 8.53. The molecule has 6 heteroatoms. The molecule has 0 spiro atoms. The average Bonchev–Trinajstić information content (AvgIpc) is 3.21. The second kappa shape index (κ2) is 7.64. The van der Waals surface area contributed by atoms with Crippen LogP contribution in [0.15, 0.2) is 35.7 Å². The molecule has 0 bridgehead atoms. The van der Waals surface area contributed by atoms with Crippen molar-refractivity contribution in [1.29, 1.82) is 0 Å². The average molecular weight is 383 g/mol. The molecule has 2 heterocycles. The number of aromatic nitrogens is 3. The summed E-state index contributed by atoms with van der Waals surface area (Å²) in [6.45, 7) is 10.2. The minimum Gasteiger partial charge on any atom is -0.311 e. The number of nitrogens with one attached hydrogen (secondary N) is 1. The van der Waals surface area contributed by atoms with E-state index in [0.717, 1.165) is 34.2 Å². The number of amides is 1. The summed E-state index contributed by atoms with van der Waals surface area (Å²) in [6.07, 6.45) is 1.27. The Balaban J connectivity index is 1.70. The smallest absolute Gasteiger partial charge is 0.231 e. The predicted octanol–water partition coefficient (Wildman–Crippen LogP) is 4.81. The molecule has 3 rings (SSSR count). The van der Waals surface area contributed by atoms with Crippen molar-refractivity contribution in [3.8, 4) is 10.6 Å². The van der Waals surface area contributed by atoms with Crippen LogP contribution in [-0.4, -0.2) is 20.7 Å². The van der Waals surface area contributed by atoms with E-state index in [1.54, 1.807) is 11.3 Å². The van der Waals surface area contributed by atoms with Crippen LogP contribution in [0.2, 0.25) is 0 Å². The van der Waals surface area contributed by atoms with Gasteiger partial charge in [0.1, 0.15) is 10.8 Å². The standard InChI is InChI=1S/C21H26N4OS/c1-6-15-7-9-16(10-8-15)20-22-17(13-27-20)12-19(26)23-18-11-14(2)24-25(18)21(3,4)5/h7-11,13H,6,12H2,1-5H3,(H,23,26). The maximum Gasteiger partial charge on any atom is 0.231 e. The molecule has 1 aromatic carbocycles. The lowest BCUT2D eigenvalue weighted by atomic mass is 10.1.